The predicted octanol–water partition coefficient (Wildman–Crippen LogP) is 0.219. The van der Waals surface area contributed by atoms with Gasteiger partial charge in [0.1, 0.15) is 29.9 Å². The van der Waals surface area contributed by atoms with Crippen molar-refractivity contribution in [1.82, 2.24) is 15.3 Å². The number of halogens is 3. The fraction of sp³-hybridized carbons (Fsp3) is 0.429. The number of carbonyl (C=O) groups excluding carboxylic acids is 1. The summed E-state index contributed by atoms with van der Waals surface area (Å²) in [5.41, 5.74) is -0.584. The maximum atomic E-state index is 12.8. The molecule has 0 aliphatic carbocycles. The van der Waals surface area contributed by atoms with Gasteiger partial charge in [0.2, 0.25) is 5.91 Å². The van der Waals surface area contributed by atoms with Crippen LogP contribution >= 0.6 is 0 Å². The highest BCUT2D eigenvalue weighted by atomic mass is 19.4. The van der Waals surface area contributed by atoms with E-state index in [2.05, 4.69) is 20.6 Å². The number of hydrogen-bond donors (Lipinski definition) is 5. The third kappa shape index (κ3) is 7.50. The first-order valence-electron chi connectivity index (χ1n) is 10.4. The maximum absolute atomic E-state index is 12.8. The fourth-order valence-corrected chi connectivity index (χ4v) is 3.26. The Morgan fingerprint density at radius 2 is 1.86 bits per heavy atom. The summed E-state index contributed by atoms with van der Waals surface area (Å²) in [6, 6.07) is 5.28. The highest BCUT2D eigenvalue weighted by Gasteiger charge is 2.39. The molecule has 0 bridgehead atoms. The number of aliphatic hydroxyl groups is 2. The molecule has 0 saturated carbocycles. The van der Waals surface area contributed by atoms with Crippen molar-refractivity contribution in [2.75, 3.05) is 25.1 Å². The number of aliphatic hydroxyl groups excluding tert-OH is 2. The Balaban J connectivity index is 1.47. The number of anilines is 1. The van der Waals surface area contributed by atoms with E-state index >= 15 is 0 Å². The molecule has 1 aromatic heterocycles. The van der Waals surface area contributed by atoms with Crippen LogP contribution in [0.4, 0.5) is 19.0 Å². The lowest BCUT2D eigenvalue weighted by Crippen LogP contribution is -2.58. The average Bonchev–Trinajstić information content (AvgIpc) is 2.81. The van der Waals surface area contributed by atoms with E-state index in [0.29, 0.717) is 17.5 Å². The van der Waals surface area contributed by atoms with Crippen LogP contribution in [0.2, 0.25) is 0 Å². The number of nitrogens with one attached hydrogen (secondary N) is 2. The van der Waals surface area contributed by atoms with Crippen LogP contribution in [0.5, 0.6) is 5.75 Å². The number of hydrogen-bond acceptors (Lipinski definition) is 9. The van der Waals surface area contributed by atoms with Crippen LogP contribution < -0.4 is 15.4 Å². The molecule has 1 fully saturated rings. The van der Waals surface area contributed by atoms with Gasteiger partial charge in [-0.2, -0.15) is 13.2 Å². The third-order valence-electron chi connectivity index (χ3n) is 5.04. The summed E-state index contributed by atoms with van der Waals surface area (Å²) < 4.78 is 48.9. The molecule has 14 heteroatoms. The van der Waals surface area contributed by atoms with Crippen LogP contribution in [0.1, 0.15) is 11.3 Å². The summed E-state index contributed by atoms with van der Waals surface area (Å²) >= 11 is 0. The van der Waals surface area contributed by atoms with E-state index < -0.39 is 54.7 Å². The molecule has 190 valence electrons. The van der Waals surface area contributed by atoms with Crippen molar-refractivity contribution >= 4 is 17.7 Å². The molecular weight excluding hydrogens is 477 g/mol. The van der Waals surface area contributed by atoms with Gasteiger partial charge in [0.15, 0.2) is 12.3 Å². The average molecular weight is 500 g/mol. The lowest BCUT2D eigenvalue weighted by molar-refractivity contribution is -0.143. The number of ether oxygens (including phenoxy) is 2. The van der Waals surface area contributed by atoms with Crippen LogP contribution in [0.3, 0.4) is 0 Å². The number of aromatic nitrogens is 2. The molecule has 5 N–H and O–H groups in total. The summed E-state index contributed by atoms with van der Waals surface area (Å²) in [4.78, 5) is 29.6. The number of nitrogens with zero attached hydrogens (tertiary/aromatic N) is 2. The first-order chi connectivity index (χ1) is 16.5. The van der Waals surface area contributed by atoms with Gasteiger partial charge in [-0.25, -0.2) is 9.78 Å². The van der Waals surface area contributed by atoms with Crippen LogP contribution in [0.25, 0.3) is 0 Å². The Labute approximate surface area is 196 Å². The molecule has 2 heterocycles. The van der Waals surface area contributed by atoms with Gasteiger partial charge in [0, 0.05) is 6.54 Å². The minimum atomic E-state index is -4.69. The largest absolute Gasteiger partial charge is 0.482 e. The monoisotopic (exact) mass is 500 g/mol. The Morgan fingerprint density at radius 3 is 2.51 bits per heavy atom. The van der Waals surface area contributed by atoms with Gasteiger partial charge in [-0.05, 0) is 17.7 Å². The van der Waals surface area contributed by atoms with E-state index in [9.17, 15) is 33.0 Å². The number of amides is 1. The highest BCUT2D eigenvalue weighted by molar-refractivity contribution is 5.78. The van der Waals surface area contributed by atoms with E-state index in [4.69, 9.17) is 14.6 Å². The molecule has 4 atom stereocenters. The number of carbonyl (C=O) groups is 2. The third-order valence-corrected chi connectivity index (χ3v) is 5.04. The highest BCUT2D eigenvalue weighted by Crippen LogP contribution is 2.28. The van der Waals surface area contributed by atoms with E-state index in [1.54, 1.807) is 12.1 Å². The van der Waals surface area contributed by atoms with Gasteiger partial charge in [-0.15, -0.1) is 0 Å². The molecule has 0 radical (unpaired) electrons. The van der Waals surface area contributed by atoms with Crippen LogP contribution in [0.15, 0.2) is 36.7 Å². The molecule has 35 heavy (non-hydrogen) atoms. The molecular formula is C21H23F3N4O7. The molecule has 0 spiro atoms. The van der Waals surface area contributed by atoms with Crippen molar-refractivity contribution in [3.8, 4) is 5.75 Å². The van der Waals surface area contributed by atoms with Crippen molar-refractivity contribution in [1.29, 1.82) is 0 Å². The van der Waals surface area contributed by atoms with Gasteiger partial charge in [0.25, 0.3) is 0 Å². The van der Waals surface area contributed by atoms with Crippen LogP contribution in [0, 0.1) is 0 Å². The van der Waals surface area contributed by atoms with E-state index in [1.165, 1.54) is 12.1 Å². The summed E-state index contributed by atoms with van der Waals surface area (Å²) in [5, 5.41) is 34.5. The van der Waals surface area contributed by atoms with Crippen molar-refractivity contribution in [2.24, 2.45) is 0 Å². The smallest absolute Gasteiger partial charge is 0.434 e. The summed E-state index contributed by atoms with van der Waals surface area (Å²) in [7, 11) is 0. The summed E-state index contributed by atoms with van der Waals surface area (Å²) in [6.45, 7) is -0.777. The zero-order valence-corrected chi connectivity index (χ0v) is 18.1. The second kappa shape index (κ2) is 11.3. The molecule has 2 aromatic rings. The maximum Gasteiger partial charge on any atom is 0.434 e. The molecule has 1 aliphatic heterocycles. The van der Waals surface area contributed by atoms with Crippen LogP contribution in [-0.2, 0) is 26.9 Å². The quantitative estimate of drug-likeness (QED) is 0.322. The standard InChI is InChI=1S/C21H23F3N4O7/c22-21(23,24)15-7-25-8-16(28-15)27-13-9-35-14(20(33)19(13)32)6-26-17(29)5-11-1-3-12(4-2-11)34-10-18(30)31/h1-4,7-8,13-14,19-20,32-33H,5-6,9-10H2,(H,26,29)(H,27,28)(H,30,31)/t13-,14+,19+,20-/m0/s1. The Kier molecular flexibility index (Phi) is 8.43. The van der Waals surface area contributed by atoms with Gasteiger partial charge < -0.3 is 35.4 Å². The Morgan fingerprint density at radius 1 is 1.14 bits per heavy atom. The van der Waals surface area contributed by atoms with Crippen molar-refractivity contribution < 1.29 is 47.6 Å². The summed E-state index contributed by atoms with van der Waals surface area (Å²) in [6.07, 6.45) is -6.90. The van der Waals surface area contributed by atoms with Crippen molar-refractivity contribution in [3.63, 3.8) is 0 Å². The lowest BCUT2D eigenvalue weighted by atomic mass is 9.98. The molecule has 1 saturated heterocycles. The molecule has 3 rings (SSSR count). The van der Waals surface area contributed by atoms with Gasteiger partial charge in [0.05, 0.1) is 31.5 Å². The van der Waals surface area contributed by atoms with Gasteiger partial charge in [-0.3, -0.25) is 9.78 Å². The number of carboxylic acids is 1. The van der Waals surface area contributed by atoms with E-state index in [1.807, 2.05) is 0 Å². The Bertz CT molecular complexity index is 1020. The van der Waals surface area contributed by atoms with Gasteiger partial charge in [-0.1, -0.05) is 12.1 Å². The minimum Gasteiger partial charge on any atom is -0.482 e. The lowest BCUT2D eigenvalue weighted by Gasteiger charge is -2.38. The molecule has 1 aliphatic rings. The molecule has 11 nitrogen and oxygen atoms in total. The topological polar surface area (TPSA) is 163 Å². The van der Waals surface area contributed by atoms with Crippen molar-refractivity contribution in [3.05, 3.63) is 47.9 Å². The first kappa shape index (κ1) is 26.1. The first-order valence-corrected chi connectivity index (χ1v) is 10.4. The fourth-order valence-electron chi connectivity index (χ4n) is 3.26. The predicted molar refractivity (Wildman–Crippen MR) is 112 cm³/mol. The zero-order valence-electron chi connectivity index (χ0n) is 18.1. The number of aliphatic carboxylic acids is 1. The van der Waals surface area contributed by atoms with Gasteiger partial charge >= 0.3 is 12.1 Å². The summed E-state index contributed by atoms with van der Waals surface area (Å²) in [5.74, 6) is -1.42. The number of alkyl halides is 3. The normalized spacial score (nSPS) is 22.3. The molecule has 1 amide bonds. The second-order valence-electron chi connectivity index (χ2n) is 7.70. The van der Waals surface area contributed by atoms with E-state index in [-0.39, 0.29) is 25.4 Å². The SMILES string of the molecule is O=C(O)COc1ccc(CC(=O)NC[C@H]2OC[C@H](Nc3cncc(C(F)(F)F)n3)[C@@H](O)[C@H]2O)cc1. The minimum absolute atomic E-state index is 0.0109. The molecule has 1 aromatic carbocycles. The number of benzene rings is 1. The zero-order chi connectivity index (χ0) is 25.6. The van der Waals surface area contributed by atoms with Crippen molar-refractivity contribution in [2.45, 2.75) is 37.0 Å². The second-order valence-corrected chi connectivity index (χ2v) is 7.70. The number of rotatable bonds is 9. The molecule has 0 unspecified atom stereocenters. The Hall–Kier alpha value is -3.49. The van der Waals surface area contributed by atoms with E-state index in [0.717, 1.165) is 6.20 Å². The van der Waals surface area contributed by atoms with Crippen LogP contribution in [-0.4, -0.2) is 81.3 Å². The number of carboxylic acid groups (broad SMARTS) is 1.